The number of methoxy groups -OCH3 is 1. The van der Waals surface area contributed by atoms with Gasteiger partial charge in [0.1, 0.15) is 16.5 Å². The molecule has 2 aromatic rings. The fourth-order valence-corrected chi connectivity index (χ4v) is 4.67. The number of nitrogens with zero attached hydrogens (tertiary/aromatic N) is 2. The number of carbonyl (C=O) groups excluding carboxylic acids is 2. The molecule has 1 aromatic heterocycles. The van der Waals surface area contributed by atoms with Crippen molar-refractivity contribution >= 4 is 27.7 Å². The molecule has 0 saturated carbocycles. The predicted molar refractivity (Wildman–Crippen MR) is 108 cm³/mol. The van der Waals surface area contributed by atoms with Gasteiger partial charge in [0.25, 0.3) is 0 Å². The van der Waals surface area contributed by atoms with Gasteiger partial charge in [-0.05, 0) is 38.0 Å². The molecule has 3 rings (SSSR count). The molecule has 0 fully saturated rings. The van der Waals surface area contributed by atoms with E-state index in [1.54, 1.807) is 26.0 Å². The quantitative estimate of drug-likeness (QED) is 0.740. The Morgan fingerprint density at radius 2 is 2.03 bits per heavy atom. The molecule has 0 saturated heterocycles. The lowest BCUT2D eigenvalue weighted by Crippen LogP contribution is -2.32. The van der Waals surface area contributed by atoms with Crippen molar-refractivity contribution in [1.82, 2.24) is 14.5 Å². The highest BCUT2D eigenvalue weighted by atomic mass is 32.2. The lowest BCUT2D eigenvalue weighted by Gasteiger charge is -2.16. The molecule has 9 nitrogen and oxygen atoms in total. The van der Waals surface area contributed by atoms with Crippen LogP contribution in [0.3, 0.4) is 0 Å². The van der Waals surface area contributed by atoms with E-state index in [0.717, 1.165) is 0 Å². The number of ether oxygens (including phenoxy) is 1. The molecule has 0 bridgehead atoms. The first kappa shape index (κ1) is 21.0. The number of benzene rings is 1. The van der Waals surface area contributed by atoms with Crippen LogP contribution < -0.4 is 14.8 Å². The second-order valence-electron chi connectivity index (χ2n) is 6.96. The maximum absolute atomic E-state index is 12.9. The zero-order valence-corrected chi connectivity index (χ0v) is 17.6. The van der Waals surface area contributed by atoms with E-state index in [9.17, 15) is 18.0 Å². The van der Waals surface area contributed by atoms with Crippen molar-refractivity contribution in [2.24, 2.45) is 0 Å². The van der Waals surface area contributed by atoms with Gasteiger partial charge in [-0.3, -0.25) is 9.59 Å². The minimum atomic E-state index is -3.85. The van der Waals surface area contributed by atoms with E-state index in [1.807, 2.05) is 6.92 Å². The first-order chi connectivity index (χ1) is 13.7. The minimum absolute atomic E-state index is 0.0246. The van der Waals surface area contributed by atoms with Crippen LogP contribution in [0.1, 0.15) is 43.6 Å². The molecule has 1 atom stereocenters. The van der Waals surface area contributed by atoms with Gasteiger partial charge in [0.2, 0.25) is 21.8 Å². The van der Waals surface area contributed by atoms with E-state index in [2.05, 4.69) is 15.1 Å². The summed E-state index contributed by atoms with van der Waals surface area (Å²) in [6.07, 6.45) is 0.758. The van der Waals surface area contributed by atoms with Crippen LogP contribution >= 0.6 is 0 Å². The fraction of sp³-hybridized carbons (Fsp3) is 0.421. The van der Waals surface area contributed by atoms with Crippen LogP contribution in [0.4, 0.5) is 5.82 Å². The van der Waals surface area contributed by atoms with E-state index >= 15 is 0 Å². The normalized spacial score (nSPS) is 15.4. The standard InChI is InChI=1S/C19H24N4O5S/c1-5-11(2)22-29(26,27)15-10-13(6-7-14(15)28-4)18-12(3)21-23-17(25)9-8-16(24)20-19(18)23/h6-7,10-11,22H,5,8-9H2,1-4H3,(H,20,24)/t11-/m1/s1. The molecule has 1 aromatic carbocycles. The number of aromatic nitrogens is 2. The predicted octanol–water partition coefficient (Wildman–Crippen LogP) is 2.32. The van der Waals surface area contributed by atoms with Gasteiger partial charge >= 0.3 is 0 Å². The molecular formula is C19H24N4O5S. The number of aryl methyl sites for hydroxylation is 1. The highest BCUT2D eigenvalue weighted by Gasteiger charge is 2.28. The highest BCUT2D eigenvalue weighted by Crippen LogP contribution is 2.36. The highest BCUT2D eigenvalue weighted by molar-refractivity contribution is 7.89. The van der Waals surface area contributed by atoms with Gasteiger partial charge in [-0.15, -0.1) is 0 Å². The van der Waals surface area contributed by atoms with Crippen LogP contribution in [0.25, 0.3) is 11.1 Å². The average Bonchev–Trinajstić information content (AvgIpc) is 2.93. The van der Waals surface area contributed by atoms with Gasteiger partial charge < -0.3 is 10.1 Å². The summed E-state index contributed by atoms with van der Waals surface area (Å²) >= 11 is 0. The third-order valence-electron chi connectivity index (χ3n) is 4.83. The summed E-state index contributed by atoms with van der Waals surface area (Å²) in [5, 5.41) is 6.97. The molecule has 156 valence electrons. The Labute approximate surface area is 169 Å². The third-order valence-corrected chi connectivity index (χ3v) is 6.44. The molecule has 1 aliphatic heterocycles. The number of anilines is 1. The lowest BCUT2D eigenvalue weighted by atomic mass is 10.1. The Kier molecular flexibility index (Phi) is 5.76. The number of sulfonamides is 1. The summed E-state index contributed by atoms with van der Waals surface area (Å²) in [7, 11) is -2.45. The van der Waals surface area contributed by atoms with Crippen molar-refractivity contribution in [3.05, 3.63) is 23.9 Å². The number of amides is 1. The Bertz CT molecular complexity index is 1070. The Hall–Kier alpha value is -2.72. The van der Waals surface area contributed by atoms with E-state index in [-0.39, 0.29) is 47.2 Å². The summed E-state index contributed by atoms with van der Waals surface area (Å²) in [4.78, 5) is 24.3. The molecule has 0 radical (unpaired) electrons. The third kappa shape index (κ3) is 4.03. The molecule has 0 unspecified atom stereocenters. The van der Waals surface area contributed by atoms with Crippen LogP contribution in [0.5, 0.6) is 5.75 Å². The fourth-order valence-electron chi connectivity index (χ4n) is 3.14. The van der Waals surface area contributed by atoms with Crippen molar-refractivity contribution in [3.63, 3.8) is 0 Å². The summed E-state index contributed by atoms with van der Waals surface area (Å²) in [6, 6.07) is 4.44. The van der Waals surface area contributed by atoms with Crippen molar-refractivity contribution in [2.45, 2.75) is 51.0 Å². The monoisotopic (exact) mass is 420 g/mol. The number of rotatable bonds is 6. The molecule has 10 heteroatoms. The van der Waals surface area contributed by atoms with Crippen molar-refractivity contribution in [1.29, 1.82) is 0 Å². The maximum atomic E-state index is 12.9. The Balaban J connectivity index is 2.17. The molecule has 1 amide bonds. The second kappa shape index (κ2) is 7.96. The second-order valence-corrected chi connectivity index (χ2v) is 8.64. The summed E-state index contributed by atoms with van der Waals surface area (Å²) < 4.78 is 34.8. The van der Waals surface area contributed by atoms with Gasteiger partial charge in [-0.1, -0.05) is 13.0 Å². The molecule has 1 aliphatic rings. The van der Waals surface area contributed by atoms with Crippen molar-refractivity contribution < 1.29 is 22.7 Å². The minimum Gasteiger partial charge on any atom is -0.495 e. The van der Waals surface area contributed by atoms with Crippen LogP contribution in [0.15, 0.2) is 23.1 Å². The molecule has 29 heavy (non-hydrogen) atoms. The molecule has 0 spiro atoms. The van der Waals surface area contributed by atoms with Crippen molar-refractivity contribution in [3.8, 4) is 16.9 Å². The lowest BCUT2D eigenvalue weighted by molar-refractivity contribution is -0.116. The van der Waals surface area contributed by atoms with Gasteiger partial charge in [0.05, 0.1) is 12.8 Å². The molecule has 2 N–H and O–H groups in total. The first-order valence-electron chi connectivity index (χ1n) is 9.31. The maximum Gasteiger partial charge on any atom is 0.249 e. The summed E-state index contributed by atoms with van der Waals surface area (Å²) in [5.74, 6) is -0.149. The number of hydrogen-bond donors (Lipinski definition) is 2. The van der Waals surface area contributed by atoms with E-state index < -0.39 is 10.0 Å². The van der Waals surface area contributed by atoms with Gasteiger partial charge in [0.15, 0.2) is 0 Å². The molecule has 0 aliphatic carbocycles. The summed E-state index contributed by atoms with van der Waals surface area (Å²) in [6.45, 7) is 5.36. The summed E-state index contributed by atoms with van der Waals surface area (Å²) in [5.41, 5.74) is 1.50. The Morgan fingerprint density at radius 1 is 1.31 bits per heavy atom. The largest absolute Gasteiger partial charge is 0.495 e. The van der Waals surface area contributed by atoms with Crippen LogP contribution in [-0.4, -0.2) is 43.2 Å². The van der Waals surface area contributed by atoms with E-state index in [1.165, 1.54) is 17.9 Å². The zero-order chi connectivity index (χ0) is 21.3. The smallest absolute Gasteiger partial charge is 0.249 e. The number of fused-ring (bicyclic) bond motifs is 1. The first-order valence-corrected chi connectivity index (χ1v) is 10.8. The topological polar surface area (TPSA) is 119 Å². The SMILES string of the molecule is CC[C@@H](C)NS(=O)(=O)c1cc(-c2c(C)nn3c2NC(=O)CCC3=O)ccc1OC. The molecular weight excluding hydrogens is 396 g/mol. The van der Waals surface area contributed by atoms with Gasteiger partial charge in [-0.25, -0.2) is 13.1 Å². The van der Waals surface area contributed by atoms with Crippen molar-refractivity contribution in [2.75, 3.05) is 12.4 Å². The van der Waals surface area contributed by atoms with Gasteiger partial charge in [-0.2, -0.15) is 9.78 Å². The Morgan fingerprint density at radius 3 is 2.69 bits per heavy atom. The molecule has 2 heterocycles. The van der Waals surface area contributed by atoms with Crippen LogP contribution in [-0.2, 0) is 14.8 Å². The van der Waals surface area contributed by atoms with Crippen LogP contribution in [0.2, 0.25) is 0 Å². The number of carbonyl (C=O) groups is 2. The van der Waals surface area contributed by atoms with E-state index in [4.69, 9.17) is 4.74 Å². The van der Waals surface area contributed by atoms with Gasteiger partial charge in [0, 0.05) is 24.4 Å². The van der Waals surface area contributed by atoms with Crippen LogP contribution in [0, 0.1) is 6.92 Å². The zero-order valence-electron chi connectivity index (χ0n) is 16.8. The number of nitrogens with one attached hydrogen (secondary N) is 2. The van der Waals surface area contributed by atoms with E-state index in [0.29, 0.717) is 23.2 Å². The average molecular weight is 420 g/mol. The number of hydrogen-bond acceptors (Lipinski definition) is 6.